The third-order valence-electron chi connectivity index (χ3n) is 5.73. The van der Waals surface area contributed by atoms with Crippen LogP contribution in [-0.2, 0) is 23.8 Å². The average molecular weight is 314 g/mol. The molecule has 1 aliphatic carbocycles. The number of rotatable bonds is 0. The molecule has 0 aromatic rings. The van der Waals surface area contributed by atoms with Crippen LogP contribution in [0.5, 0.6) is 0 Å². The predicted octanol–water partition coefficient (Wildman–Crippen LogP) is 2.84. The Labute approximate surface area is 134 Å². The van der Waals surface area contributed by atoms with Gasteiger partial charge in [-0.2, -0.15) is 0 Å². The van der Waals surface area contributed by atoms with Gasteiger partial charge in [-0.05, 0) is 52.7 Å². The number of hydrogen-bond acceptors (Lipinski definition) is 5. The fourth-order valence-electron chi connectivity index (χ4n) is 4.30. The van der Waals surface area contributed by atoms with Crippen molar-refractivity contribution in [3.8, 4) is 0 Å². The first-order valence-electron chi connectivity index (χ1n) is 7.63. The lowest BCUT2D eigenvalue weighted by molar-refractivity contribution is -0.149. The number of ether oxygens (including phenoxy) is 3. The van der Waals surface area contributed by atoms with Crippen LogP contribution in [0.1, 0.15) is 41.5 Å². The van der Waals surface area contributed by atoms with Crippen LogP contribution in [0.4, 0.5) is 0 Å². The molecule has 0 N–H and O–H groups in total. The minimum Gasteiger partial charge on any atom is -0.483 e. The molecular formula is C18H18O5. The van der Waals surface area contributed by atoms with Gasteiger partial charge in [-0.25, -0.2) is 9.59 Å². The summed E-state index contributed by atoms with van der Waals surface area (Å²) in [6.07, 6.45) is 0. The van der Waals surface area contributed by atoms with E-state index in [4.69, 9.17) is 14.2 Å². The van der Waals surface area contributed by atoms with Crippen LogP contribution < -0.4 is 0 Å². The van der Waals surface area contributed by atoms with E-state index in [-0.39, 0.29) is 0 Å². The Bertz CT molecular complexity index is 781. The van der Waals surface area contributed by atoms with E-state index in [2.05, 4.69) is 0 Å². The lowest BCUT2D eigenvalue weighted by atomic mass is 9.65. The minimum atomic E-state index is -0.877. The Morgan fingerprint density at radius 3 is 1.39 bits per heavy atom. The summed E-state index contributed by atoms with van der Waals surface area (Å²) in [4.78, 5) is 24.7. The van der Waals surface area contributed by atoms with Crippen molar-refractivity contribution >= 4 is 11.9 Å². The molecule has 0 amide bonds. The Balaban J connectivity index is 2.18. The smallest absolute Gasteiger partial charge is 0.347 e. The van der Waals surface area contributed by atoms with E-state index in [9.17, 15) is 9.59 Å². The Morgan fingerprint density at radius 2 is 1.04 bits per heavy atom. The maximum Gasteiger partial charge on any atom is 0.347 e. The van der Waals surface area contributed by atoms with Gasteiger partial charge in [0.15, 0.2) is 11.2 Å². The van der Waals surface area contributed by atoms with Crippen molar-refractivity contribution in [2.75, 3.05) is 0 Å². The number of esters is 2. The third kappa shape index (κ3) is 1.31. The first-order valence-corrected chi connectivity index (χ1v) is 7.63. The van der Waals surface area contributed by atoms with Crippen LogP contribution in [0.2, 0.25) is 0 Å². The van der Waals surface area contributed by atoms with Crippen LogP contribution in [0.15, 0.2) is 45.0 Å². The zero-order chi connectivity index (χ0) is 16.9. The van der Waals surface area contributed by atoms with Crippen molar-refractivity contribution in [1.82, 2.24) is 0 Å². The van der Waals surface area contributed by atoms with E-state index in [0.29, 0.717) is 22.3 Å². The van der Waals surface area contributed by atoms with Gasteiger partial charge in [0.05, 0.1) is 22.7 Å². The van der Waals surface area contributed by atoms with E-state index in [1.54, 1.807) is 0 Å². The number of carbonyl (C=O) groups excluding carboxylic acids is 2. The van der Waals surface area contributed by atoms with Crippen molar-refractivity contribution in [2.24, 2.45) is 0 Å². The predicted molar refractivity (Wildman–Crippen MR) is 80.9 cm³/mol. The fraction of sp³-hybridized carbons (Fsp3) is 0.444. The SMILES string of the molecule is CC1=C(C)C2=C3C(=O)OC(=O)C3=C3C(C)=C(C)OC3(C)C2(C)O1. The summed E-state index contributed by atoms with van der Waals surface area (Å²) in [5.74, 6) is 0.260. The molecule has 23 heavy (non-hydrogen) atoms. The summed E-state index contributed by atoms with van der Waals surface area (Å²) in [6.45, 7) is 11.3. The number of fused-ring (bicyclic) bond motifs is 4. The second-order valence-electron chi connectivity index (χ2n) is 6.81. The summed E-state index contributed by atoms with van der Waals surface area (Å²) in [7, 11) is 0. The molecule has 1 saturated heterocycles. The van der Waals surface area contributed by atoms with Crippen LogP contribution in [0.3, 0.4) is 0 Å². The van der Waals surface area contributed by atoms with Crippen LogP contribution in [0, 0.1) is 0 Å². The summed E-state index contributed by atoms with van der Waals surface area (Å²) >= 11 is 0. The summed E-state index contributed by atoms with van der Waals surface area (Å²) in [5.41, 5.74) is 2.03. The molecule has 2 unspecified atom stereocenters. The van der Waals surface area contributed by atoms with Gasteiger partial charge in [0.25, 0.3) is 0 Å². The topological polar surface area (TPSA) is 61.8 Å². The monoisotopic (exact) mass is 314 g/mol. The molecule has 5 heteroatoms. The second kappa shape index (κ2) is 3.78. The normalized spacial score (nSPS) is 35.4. The van der Waals surface area contributed by atoms with Gasteiger partial charge in [-0.1, -0.05) is 0 Å². The van der Waals surface area contributed by atoms with Crippen LogP contribution in [-0.4, -0.2) is 23.1 Å². The highest BCUT2D eigenvalue weighted by molar-refractivity contribution is 6.20. The van der Waals surface area contributed by atoms with Crippen molar-refractivity contribution < 1.29 is 23.8 Å². The molecule has 2 atom stereocenters. The van der Waals surface area contributed by atoms with E-state index in [0.717, 1.165) is 22.7 Å². The molecule has 0 saturated carbocycles. The van der Waals surface area contributed by atoms with E-state index >= 15 is 0 Å². The molecular weight excluding hydrogens is 296 g/mol. The minimum absolute atomic E-state index is 0.331. The standard InChI is InChI=1S/C18H18O5/c1-7-9(3)22-17(5)13(7)11-12(16(20)21-15(11)19)14-8(2)10(4)23-18(14,17)6/h1-6H3. The Hall–Kier alpha value is -2.30. The maximum absolute atomic E-state index is 12.4. The third-order valence-corrected chi connectivity index (χ3v) is 5.73. The zero-order valence-corrected chi connectivity index (χ0v) is 14.0. The number of allylic oxidation sites excluding steroid dienone is 2. The van der Waals surface area contributed by atoms with Gasteiger partial charge in [-0.3, -0.25) is 0 Å². The highest BCUT2D eigenvalue weighted by Gasteiger charge is 2.66. The molecule has 0 aromatic carbocycles. The van der Waals surface area contributed by atoms with Crippen LogP contribution >= 0.6 is 0 Å². The van der Waals surface area contributed by atoms with Crippen LogP contribution in [0.25, 0.3) is 0 Å². The molecule has 0 bridgehead atoms. The van der Waals surface area contributed by atoms with Crippen molar-refractivity contribution in [3.63, 3.8) is 0 Å². The lowest BCUT2D eigenvalue weighted by Crippen LogP contribution is -2.55. The molecule has 0 aromatic heterocycles. The molecule has 0 radical (unpaired) electrons. The molecule has 4 rings (SSSR count). The average Bonchev–Trinajstić information content (AvgIpc) is 2.95. The first-order chi connectivity index (χ1) is 10.6. The number of cyclic esters (lactones) is 2. The maximum atomic E-state index is 12.4. The van der Waals surface area contributed by atoms with Gasteiger partial charge in [0.1, 0.15) is 0 Å². The Kier molecular flexibility index (Phi) is 2.35. The second-order valence-corrected chi connectivity index (χ2v) is 6.81. The molecule has 3 heterocycles. The summed E-state index contributed by atoms with van der Waals surface area (Å²) in [6, 6.07) is 0. The molecule has 4 aliphatic rings. The highest BCUT2D eigenvalue weighted by atomic mass is 16.6. The van der Waals surface area contributed by atoms with Crippen molar-refractivity contribution in [2.45, 2.75) is 52.7 Å². The zero-order valence-electron chi connectivity index (χ0n) is 14.0. The van der Waals surface area contributed by atoms with Gasteiger partial charge in [0.2, 0.25) is 0 Å². The number of hydrogen-bond donors (Lipinski definition) is 0. The van der Waals surface area contributed by atoms with Crippen molar-refractivity contribution in [3.05, 3.63) is 45.0 Å². The van der Waals surface area contributed by atoms with E-state index < -0.39 is 23.1 Å². The van der Waals surface area contributed by atoms with Crippen molar-refractivity contribution in [1.29, 1.82) is 0 Å². The lowest BCUT2D eigenvalue weighted by Gasteiger charge is -2.45. The van der Waals surface area contributed by atoms with Gasteiger partial charge in [-0.15, -0.1) is 0 Å². The summed E-state index contributed by atoms with van der Waals surface area (Å²) in [5, 5.41) is 0. The molecule has 1 fully saturated rings. The largest absolute Gasteiger partial charge is 0.483 e. The van der Waals surface area contributed by atoms with E-state index in [1.165, 1.54) is 0 Å². The van der Waals surface area contributed by atoms with E-state index in [1.807, 2.05) is 41.5 Å². The van der Waals surface area contributed by atoms with Gasteiger partial charge in [0, 0.05) is 11.1 Å². The molecule has 120 valence electrons. The first kappa shape index (κ1) is 14.3. The quantitative estimate of drug-likeness (QED) is 0.508. The van der Waals surface area contributed by atoms with Gasteiger partial charge >= 0.3 is 11.9 Å². The molecule has 5 nitrogen and oxygen atoms in total. The Morgan fingerprint density at radius 1 is 0.696 bits per heavy atom. The van der Waals surface area contributed by atoms with Gasteiger partial charge < -0.3 is 14.2 Å². The molecule has 0 spiro atoms. The summed E-state index contributed by atoms with van der Waals surface area (Å²) < 4.78 is 17.3. The molecule has 3 aliphatic heterocycles. The highest BCUT2D eigenvalue weighted by Crippen LogP contribution is 2.61. The number of carbonyl (C=O) groups is 2. The fourth-order valence-corrected chi connectivity index (χ4v) is 4.30.